The third-order valence-electron chi connectivity index (χ3n) is 3.39. The van der Waals surface area contributed by atoms with Gasteiger partial charge in [0.1, 0.15) is 0 Å². The summed E-state index contributed by atoms with van der Waals surface area (Å²) in [5.41, 5.74) is 14.1. The first-order valence-electron chi connectivity index (χ1n) is 5.98. The lowest BCUT2D eigenvalue weighted by molar-refractivity contribution is 0.278. The molecule has 1 heterocycles. The fraction of sp³-hybridized carbons (Fsp3) is 0.538. The van der Waals surface area contributed by atoms with Crippen molar-refractivity contribution in [2.75, 3.05) is 6.54 Å². The van der Waals surface area contributed by atoms with E-state index in [0.717, 1.165) is 13.0 Å². The molecule has 1 aromatic carbocycles. The topological polar surface area (TPSA) is 64.1 Å². The van der Waals surface area contributed by atoms with Crippen molar-refractivity contribution in [2.45, 2.75) is 32.0 Å². The zero-order valence-corrected chi connectivity index (χ0v) is 9.82. The van der Waals surface area contributed by atoms with Gasteiger partial charge in [-0.25, -0.2) is 0 Å². The van der Waals surface area contributed by atoms with E-state index < -0.39 is 0 Å². The molecular formula is C13H21N3. The quantitative estimate of drug-likeness (QED) is 0.699. The average Bonchev–Trinajstić information content (AvgIpc) is 2.29. The molecule has 0 amide bonds. The van der Waals surface area contributed by atoms with Crippen LogP contribution >= 0.6 is 0 Å². The fourth-order valence-electron chi connectivity index (χ4n) is 2.54. The van der Waals surface area contributed by atoms with Crippen LogP contribution in [0.2, 0.25) is 0 Å². The Hall–Kier alpha value is -0.900. The van der Waals surface area contributed by atoms with Crippen molar-refractivity contribution in [2.24, 2.45) is 17.4 Å². The lowest BCUT2D eigenvalue weighted by Gasteiger charge is -2.34. The van der Waals surface area contributed by atoms with E-state index in [9.17, 15) is 0 Å². The molecule has 0 radical (unpaired) electrons. The molecule has 0 aliphatic carbocycles. The number of piperidine rings is 1. The molecule has 1 saturated heterocycles. The molecule has 2 rings (SSSR count). The SMILES string of the molecule is CC1CC(N)CNC1c1cccc(CN)c1. The highest BCUT2D eigenvalue weighted by molar-refractivity contribution is 5.27. The summed E-state index contributed by atoms with van der Waals surface area (Å²) < 4.78 is 0. The smallest absolute Gasteiger partial charge is 0.0347 e. The third kappa shape index (κ3) is 2.43. The summed E-state index contributed by atoms with van der Waals surface area (Å²) in [7, 11) is 0. The molecular weight excluding hydrogens is 198 g/mol. The lowest BCUT2D eigenvalue weighted by Crippen LogP contribution is -2.45. The summed E-state index contributed by atoms with van der Waals surface area (Å²) in [6.07, 6.45) is 1.09. The molecule has 1 aliphatic heterocycles. The monoisotopic (exact) mass is 219 g/mol. The zero-order valence-electron chi connectivity index (χ0n) is 9.82. The third-order valence-corrected chi connectivity index (χ3v) is 3.39. The van der Waals surface area contributed by atoms with E-state index in [0.29, 0.717) is 24.5 Å². The van der Waals surface area contributed by atoms with Crippen molar-refractivity contribution >= 4 is 0 Å². The van der Waals surface area contributed by atoms with E-state index in [1.54, 1.807) is 0 Å². The Morgan fingerprint density at radius 3 is 2.94 bits per heavy atom. The molecule has 0 bridgehead atoms. The first-order valence-corrected chi connectivity index (χ1v) is 5.98. The first kappa shape index (κ1) is 11.6. The minimum absolute atomic E-state index is 0.295. The second kappa shape index (κ2) is 4.95. The normalized spacial score (nSPS) is 30.3. The standard InChI is InChI=1S/C13H21N3/c1-9-5-12(15)8-16-13(9)11-4-2-3-10(6-11)7-14/h2-4,6,9,12-13,16H,5,7-8,14-15H2,1H3. The number of benzene rings is 1. The minimum atomic E-state index is 0.295. The van der Waals surface area contributed by atoms with Gasteiger partial charge in [-0.2, -0.15) is 0 Å². The van der Waals surface area contributed by atoms with Gasteiger partial charge < -0.3 is 16.8 Å². The predicted octanol–water partition coefficient (Wildman–Crippen LogP) is 1.14. The van der Waals surface area contributed by atoms with Crippen LogP contribution in [-0.2, 0) is 6.54 Å². The highest BCUT2D eigenvalue weighted by Crippen LogP contribution is 2.28. The van der Waals surface area contributed by atoms with Crippen molar-refractivity contribution in [1.82, 2.24) is 5.32 Å². The number of nitrogens with one attached hydrogen (secondary N) is 1. The van der Waals surface area contributed by atoms with Gasteiger partial charge in [-0.05, 0) is 23.5 Å². The molecule has 1 fully saturated rings. The summed E-state index contributed by atoms with van der Waals surface area (Å²) in [6.45, 7) is 3.77. The summed E-state index contributed by atoms with van der Waals surface area (Å²) in [5.74, 6) is 0.580. The molecule has 1 aromatic rings. The molecule has 0 aromatic heterocycles. The van der Waals surface area contributed by atoms with Crippen LogP contribution in [0, 0.1) is 5.92 Å². The van der Waals surface area contributed by atoms with Crippen molar-refractivity contribution in [1.29, 1.82) is 0 Å². The van der Waals surface area contributed by atoms with Gasteiger partial charge in [0.15, 0.2) is 0 Å². The Bertz CT molecular complexity index is 351. The first-order chi connectivity index (χ1) is 7.70. The largest absolute Gasteiger partial charge is 0.327 e. The minimum Gasteiger partial charge on any atom is -0.327 e. The van der Waals surface area contributed by atoms with E-state index in [2.05, 4.69) is 36.5 Å². The van der Waals surface area contributed by atoms with Crippen LogP contribution in [0.25, 0.3) is 0 Å². The summed E-state index contributed by atoms with van der Waals surface area (Å²) in [4.78, 5) is 0. The fourth-order valence-corrected chi connectivity index (χ4v) is 2.54. The maximum absolute atomic E-state index is 5.94. The van der Waals surface area contributed by atoms with Crippen molar-refractivity contribution in [3.8, 4) is 0 Å². The van der Waals surface area contributed by atoms with Crippen LogP contribution in [0.5, 0.6) is 0 Å². The Kier molecular flexibility index (Phi) is 3.59. The van der Waals surface area contributed by atoms with E-state index in [1.165, 1.54) is 11.1 Å². The van der Waals surface area contributed by atoms with E-state index in [4.69, 9.17) is 11.5 Å². The lowest BCUT2D eigenvalue weighted by atomic mass is 9.85. The van der Waals surface area contributed by atoms with Gasteiger partial charge in [0.2, 0.25) is 0 Å². The van der Waals surface area contributed by atoms with Crippen LogP contribution in [0.1, 0.15) is 30.5 Å². The summed E-state index contributed by atoms with van der Waals surface area (Å²) in [6, 6.07) is 9.24. The van der Waals surface area contributed by atoms with Gasteiger partial charge in [0, 0.05) is 25.2 Å². The molecule has 0 spiro atoms. The van der Waals surface area contributed by atoms with Crippen LogP contribution in [0.4, 0.5) is 0 Å². The van der Waals surface area contributed by atoms with E-state index in [-0.39, 0.29) is 0 Å². The van der Waals surface area contributed by atoms with Crippen molar-refractivity contribution < 1.29 is 0 Å². The van der Waals surface area contributed by atoms with Gasteiger partial charge in [0.05, 0.1) is 0 Å². The van der Waals surface area contributed by atoms with Crippen molar-refractivity contribution in [3.63, 3.8) is 0 Å². The number of nitrogens with two attached hydrogens (primary N) is 2. The van der Waals surface area contributed by atoms with Crippen LogP contribution < -0.4 is 16.8 Å². The van der Waals surface area contributed by atoms with Crippen LogP contribution in [0.3, 0.4) is 0 Å². The zero-order chi connectivity index (χ0) is 11.5. The maximum atomic E-state index is 5.94. The van der Waals surface area contributed by atoms with Crippen LogP contribution in [-0.4, -0.2) is 12.6 Å². The van der Waals surface area contributed by atoms with Gasteiger partial charge in [-0.3, -0.25) is 0 Å². The predicted molar refractivity (Wildman–Crippen MR) is 66.8 cm³/mol. The highest BCUT2D eigenvalue weighted by atomic mass is 15.0. The number of rotatable bonds is 2. The molecule has 3 atom stereocenters. The van der Waals surface area contributed by atoms with Gasteiger partial charge in [-0.1, -0.05) is 31.2 Å². The van der Waals surface area contributed by atoms with Gasteiger partial charge >= 0.3 is 0 Å². The Labute approximate surface area is 97.2 Å². The van der Waals surface area contributed by atoms with Gasteiger partial charge in [0.25, 0.3) is 0 Å². The Morgan fingerprint density at radius 1 is 1.44 bits per heavy atom. The van der Waals surface area contributed by atoms with Gasteiger partial charge in [-0.15, -0.1) is 0 Å². The van der Waals surface area contributed by atoms with Crippen molar-refractivity contribution in [3.05, 3.63) is 35.4 Å². The summed E-state index contributed by atoms with van der Waals surface area (Å²) >= 11 is 0. The maximum Gasteiger partial charge on any atom is 0.0347 e. The molecule has 3 unspecified atom stereocenters. The second-order valence-corrected chi connectivity index (χ2v) is 4.81. The number of hydrogen-bond acceptors (Lipinski definition) is 3. The molecule has 1 aliphatic rings. The highest BCUT2D eigenvalue weighted by Gasteiger charge is 2.26. The van der Waals surface area contributed by atoms with E-state index in [1.807, 2.05) is 0 Å². The van der Waals surface area contributed by atoms with Crippen LogP contribution in [0.15, 0.2) is 24.3 Å². The second-order valence-electron chi connectivity index (χ2n) is 4.81. The average molecular weight is 219 g/mol. The summed E-state index contributed by atoms with van der Waals surface area (Å²) in [5, 5.41) is 3.52. The molecule has 3 heteroatoms. The number of hydrogen-bond donors (Lipinski definition) is 3. The molecule has 0 saturated carbocycles. The molecule has 16 heavy (non-hydrogen) atoms. The molecule has 3 nitrogen and oxygen atoms in total. The Balaban J connectivity index is 2.16. The molecule has 88 valence electrons. The van der Waals surface area contributed by atoms with E-state index >= 15 is 0 Å². The molecule has 5 N–H and O–H groups in total. The Morgan fingerprint density at radius 2 is 2.25 bits per heavy atom.